The average Bonchev–Trinajstić information content (AvgIpc) is 2.59. The molecule has 0 aromatic heterocycles. The molecule has 0 fully saturated rings. The number of hydrogen-bond acceptors (Lipinski definition) is 3. The Balaban J connectivity index is 2.66. The van der Waals surface area contributed by atoms with E-state index in [9.17, 15) is 0 Å². The summed E-state index contributed by atoms with van der Waals surface area (Å²) in [6, 6.07) is 0. The molecule has 0 aromatic carbocycles. The van der Waals surface area contributed by atoms with E-state index in [1.165, 1.54) is 0 Å². The Morgan fingerprint density at radius 3 is 1.85 bits per heavy atom. The molecular formula is C10H21N3. The summed E-state index contributed by atoms with van der Waals surface area (Å²) in [6.07, 6.45) is 1.93. The van der Waals surface area contributed by atoms with Gasteiger partial charge in [0.15, 0.2) is 5.66 Å². The van der Waals surface area contributed by atoms with Gasteiger partial charge in [-0.25, -0.2) is 0 Å². The van der Waals surface area contributed by atoms with Gasteiger partial charge in [-0.1, -0.05) is 20.8 Å². The topological polar surface area (TPSA) is 50.7 Å². The Labute approximate surface area is 80.8 Å². The standard InChI is InChI=1S/C10H21N3/c1-6-10(12-13-10)8(2,3)7-9(4,5)11/h6-7,11H2,1-5H3. The lowest BCUT2D eigenvalue weighted by atomic mass is 9.72. The molecule has 0 saturated heterocycles. The maximum atomic E-state index is 6.02. The smallest absolute Gasteiger partial charge is 0.195 e. The predicted molar refractivity (Wildman–Crippen MR) is 54.5 cm³/mol. The van der Waals surface area contributed by atoms with Crippen molar-refractivity contribution in [3.8, 4) is 0 Å². The molecule has 0 amide bonds. The van der Waals surface area contributed by atoms with Gasteiger partial charge in [-0.05, 0) is 26.7 Å². The molecule has 76 valence electrons. The third-order valence-electron chi connectivity index (χ3n) is 2.82. The lowest BCUT2D eigenvalue weighted by Gasteiger charge is -2.35. The Morgan fingerprint density at radius 2 is 1.62 bits per heavy atom. The van der Waals surface area contributed by atoms with Gasteiger partial charge in [0.1, 0.15) is 0 Å². The molecule has 0 radical (unpaired) electrons. The molecule has 0 unspecified atom stereocenters. The zero-order chi connectivity index (χ0) is 10.3. The summed E-state index contributed by atoms with van der Waals surface area (Å²) in [6.45, 7) is 10.6. The second kappa shape index (κ2) is 2.77. The van der Waals surface area contributed by atoms with E-state index in [0.29, 0.717) is 0 Å². The normalized spacial score (nSPS) is 20.5. The van der Waals surface area contributed by atoms with Crippen LogP contribution in [0.4, 0.5) is 0 Å². The first-order valence-electron chi connectivity index (χ1n) is 4.95. The SMILES string of the molecule is CCC1(C(C)(C)CC(C)(C)N)N=N1. The van der Waals surface area contributed by atoms with Gasteiger partial charge in [-0.15, -0.1) is 0 Å². The van der Waals surface area contributed by atoms with E-state index in [4.69, 9.17) is 5.73 Å². The van der Waals surface area contributed by atoms with Crippen molar-refractivity contribution in [2.75, 3.05) is 0 Å². The highest BCUT2D eigenvalue weighted by atomic mass is 15.5. The van der Waals surface area contributed by atoms with Gasteiger partial charge in [-0.2, -0.15) is 10.2 Å². The van der Waals surface area contributed by atoms with E-state index >= 15 is 0 Å². The van der Waals surface area contributed by atoms with Crippen molar-refractivity contribution in [3.05, 3.63) is 0 Å². The van der Waals surface area contributed by atoms with Crippen molar-refractivity contribution in [2.24, 2.45) is 21.4 Å². The summed E-state index contributed by atoms with van der Waals surface area (Å²) in [5.74, 6) is 0. The maximum absolute atomic E-state index is 6.02. The zero-order valence-corrected chi connectivity index (χ0v) is 9.39. The van der Waals surface area contributed by atoms with Crippen LogP contribution < -0.4 is 5.73 Å². The van der Waals surface area contributed by atoms with Gasteiger partial charge < -0.3 is 5.73 Å². The van der Waals surface area contributed by atoms with Crippen LogP contribution in [0.2, 0.25) is 0 Å². The molecule has 3 heteroatoms. The van der Waals surface area contributed by atoms with E-state index < -0.39 is 0 Å². The minimum atomic E-state index is -0.140. The van der Waals surface area contributed by atoms with E-state index in [2.05, 4.69) is 44.8 Å². The second-order valence-electron chi connectivity index (χ2n) is 5.42. The van der Waals surface area contributed by atoms with Crippen molar-refractivity contribution < 1.29 is 0 Å². The summed E-state index contributed by atoms with van der Waals surface area (Å²) in [5, 5.41) is 8.36. The van der Waals surface area contributed by atoms with E-state index in [-0.39, 0.29) is 16.6 Å². The van der Waals surface area contributed by atoms with Crippen LogP contribution in [0.1, 0.15) is 47.5 Å². The molecule has 0 aromatic rings. The van der Waals surface area contributed by atoms with Gasteiger partial charge in [0, 0.05) is 11.0 Å². The van der Waals surface area contributed by atoms with Gasteiger partial charge in [-0.3, -0.25) is 0 Å². The van der Waals surface area contributed by atoms with Gasteiger partial charge >= 0.3 is 0 Å². The molecule has 0 atom stereocenters. The lowest BCUT2D eigenvalue weighted by Crippen LogP contribution is -2.43. The third-order valence-corrected chi connectivity index (χ3v) is 2.82. The van der Waals surface area contributed by atoms with E-state index in [1.807, 2.05) is 0 Å². The van der Waals surface area contributed by atoms with Crippen LogP contribution in [0, 0.1) is 5.41 Å². The number of nitrogens with zero attached hydrogens (tertiary/aromatic N) is 2. The molecular weight excluding hydrogens is 162 g/mol. The molecule has 0 bridgehead atoms. The lowest BCUT2D eigenvalue weighted by molar-refractivity contribution is 0.175. The predicted octanol–water partition coefficient (Wildman–Crippen LogP) is 2.71. The average molecular weight is 183 g/mol. The van der Waals surface area contributed by atoms with Crippen LogP contribution in [0.25, 0.3) is 0 Å². The molecule has 0 saturated carbocycles. The number of rotatable bonds is 4. The molecule has 3 nitrogen and oxygen atoms in total. The van der Waals surface area contributed by atoms with Gasteiger partial charge in [0.2, 0.25) is 0 Å². The third kappa shape index (κ3) is 2.08. The van der Waals surface area contributed by atoms with Gasteiger partial charge in [0.25, 0.3) is 0 Å². The molecule has 13 heavy (non-hydrogen) atoms. The van der Waals surface area contributed by atoms with Crippen molar-refractivity contribution in [1.29, 1.82) is 0 Å². The fourth-order valence-corrected chi connectivity index (χ4v) is 2.23. The molecule has 1 heterocycles. The minimum absolute atomic E-state index is 0.0833. The van der Waals surface area contributed by atoms with Crippen LogP contribution in [-0.4, -0.2) is 11.2 Å². The first-order valence-corrected chi connectivity index (χ1v) is 4.95. The van der Waals surface area contributed by atoms with Crippen molar-refractivity contribution in [3.63, 3.8) is 0 Å². The summed E-state index contributed by atoms with van der Waals surface area (Å²) >= 11 is 0. The Bertz CT molecular complexity index is 217. The highest BCUT2D eigenvalue weighted by Gasteiger charge is 2.53. The molecule has 0 spiro atoms. The van der Waals surface area contributed by atoms with Crippen molar-refractivity contribution in [2.45, 2.75) is 58.7 Å². The Hall–Kier alpha value is -0.440. The van der Waals surface area contributed by atoms with Crippen molar-refractivity contribution in [1.82, 2.24) is 0 Å². The first kappa shape index (κ1) is 10.6. The van der Waals surface area contributed by atoms with Crippen LogP contribution in [0.15, 0.2) is 10.2 Å². The Kier molecular flexibility index (Phi) is 2.27. The van der Waals surface area contributed by atoms with Crippen molar-refractivity contribution >= 4 is 0 Å². The van der Waals surface area contributed by atoms with E-state index in [1.54, 1.807) is 0 Å². The highest BCUT2D eigenvalue weighted by molar-refractivity contribution is 5.05. The van der Waals surface area contributed by atoms with Gasteiger partial charge in [0.05, 0.1) is 0 Å². The maximum Gasteiger partial charge on any atom is 0.195 e. The molecule has 0 aliphatic carbocycles. The first-order chi connectivity index (χ1) is 5.72. The highest BCUT2D eigenvalue weighted by Crippen LogP contribution is 2.50. The van der Waals surface area contributed by atoms with Crippen LogP contribution >= 0.6 is 0 Å². The monoisotopic (exact) mass is 183 g/mol. The minimum Gasteiger partial charge on any atom is -0.326 e. The van der Waals surface area contributed by atoms with Crippen LogP contribution in [-0.2, 0) is 0 Å². The fourth-order valence-electron chi connectivity index (χ4n) is 2.23. The number of hydrogen-bond donors (Lipinski definition) is 1. The zero-order valence-electron chi connectivity index (χ0n) is 9.39. The molecule has 1 rings (SSSR count). The summed E-state index contributed by atoms with van der Waals surface area (Å²) < 4.78 is 0. The van der Waals surface area contributed by atoms with Crippen LogP contribution in [0.5, 0.6) is 0 Å². The largest absolute Gasteiger partial charge is 0.326 e. The summed E-state index contributed by atoms with van der Waals surface area (Å²) in [4.78, 5) is 0. The molecule has 1 aliphatic rings. The van der Waals surface area contributed by atoms with Crippen LogP contribution in [0.3, 0.4) is 0 Å². The number of nitrogens with two attached hydrogens (primary N) is 1. The molecule has 2 N–H and O–H groups in total. The summed E-state index contributed by atoms with van der Waals surface area (Å²) in [7, 11) is 0. The Morgan fingerprint density at radius 1 is 1.15 bits per heavy atom. The fraction of sp³-hybridized carbons (Fsp3) is 1.00. The quantitative estimate of drug-likeness (QED) is 0.715. The second-order valence-corrected chi connectivity index (χ2v) is 5.42. The summed E-state index contributed by atoms with van der Waals surface area (Å²) in [5.41, 5.74) is 5.83. The van der Waals surface area contributed by atoms with E-state index in [0.717, 1.165) is 12.8 Å². The molecule has 1 aliphatic heterocycles.